The average Bonchev–Trinajstić information content (AvgIpc) is 2.99. The van der Waals surface area contributed by atoms with Crippen LogP contribution < -0.4 is 0 Å². The first-order valence-corrected chi connectivity index (χ1v) is 8.23. The minimum atomic E-state index is 0.437. The van der Waals surface area contributed by atoms with Crippen LogP contribution in [-0.2, 0) is 0 Å². The van der Waals surface area contributed by atoms with Crippen LogP contribution in [0.5, 0.6) is 0 Å². The summed E-state index contributed by atoms with van der Waals surface area (Å²) in [6.45, 7) is 2.27. The molecule has 1 saturated carbocycles. The normalized spacial score (nSPS) is 22.4. The standard InChI is InChI=1S/C17H21ClN2O/c1-2-3-12-4-6-14(7-5-12)17-19-16(20-21-17)13-8-10-15(18)11-9-13/h8-12,14H,2-7H2,1H3. The third-order valence-electron chi connectivity index (χ3n) is 4.44. The van der Waals surface area contributed by atoms with Gasteiger partial charge in [0.05, 0.1) is 0 Å². The molecule has 0 bridgehead atoms. The Morgan fingerprint density at radius 2 is 1.86 bits per heavy atom. The van der Waals surface area contributed by atoms with Crippen LogP contribution in [0, 0.1) is 5.92 Å². The summed E-state index contributed by atoms with van der Waals surface area (Å²) in [5.74, 6) is 2.80. The highest BCUT2D eigenvalue weighted by Gasteiger charge is 2.26. The lowest BCUT2D eigenvalue weighted by Crippen LogP contribution is -2.13. The van der Waals surface area contributed by atoms with Gasteiger partial charge in [-0.1, -0.05) is 36.5 Å². The number of aromatic nitrogens is 2. The molecule has 0 aliphatic heterocycles. The zero-order valence-corrected chi connectivity index (χ0v) is 13.1. The van der Waals surface area contributed by atoms with Crippen molar-refractivity contribution in [3.8, 4) is 11.4 Å². The van der Waals surface area contributed by atoms with Crippen molar-refractivity contribution in [2.24, 2.45) is 5.92 Å². The highest BCUT2D eigenvalue weighted by molar-refractivity contribution is 6.30. The van der Waals surface area contributed by atoms with Gasteiger partial charge in [-0.3, -0.25) is 0 Å². The number of hydrogen-bond donors (Lipinski definition) is 0. The minimum absolute atomic E-state index is 0.437. The van der Waals surface area contributed by atoms with Gasteiger partial charge >= 0.3 is 0 Å². The molecule has 0 saturated heterocycles. The highest BCUT2D eigenvalue weighted by atomic mass is 35.5. The summed E-state index contributed by atoms with van der Waals surface area (Å²) >= 11 is 5.90. The van der Waals surface area contributed by atoms with Gasteiger partial charge in [0.1, 0.15) is 0 Å². The maximum atomic E-state index is 5.90. The third-order valence-corrected chi connectivity index (χ3v) is 4.69. The Labute approximate surface area is 130 Å². The van der Waals surface area contributed by atoms with Gasteiger partial charge in [0.15, 0.2) is 0 Å². The molecule has 1 heterocycles. The van der Waals surface area contributed by atoms with E-state index in [1.54, 1.807) is 0 Å². The van der Waals surface area contributed by atoms with E-state index in [1.807, 2.05) is 24.3 Å². The fraction of sp³-hybridized carbons (Fsp3) is 0.529. The summed E-state index contributed by atoms with van der Waals surface area (Å²) in [6, 6.07) is 7.55. The Balaban J connectivity index is 1.67. The van der Waals surface area contributed by atoms with E-state index >= 15 is 0 Å². The van der Waals surface area contributed by atoms with E-state index < -0.39 is 0 Å². The van der Waals surface area contributed by atoms with Crippen molar-refractivity contribution in [1.29, 1.82) is 0 Å². The van der Waals surface area contributed by atoms with Gasteiger partial charge in [-0.2, -0.15) is 4.98 Å². The van der Waals surface area contributed by atoms with Crippen molar-refractivity contribution in [3.05, 3.63) is 35.2 Å². The molecule has 2 aromatic rings. The van der Waals surface area contributed by atoms with Gasteiger partial charge in [-0.15, -0.1) is 0 Å². The van der Waals surface area contributed by atoms with E-state index in [0.717, 1.165) is 22.4 Å². The quantitative estimate of drug-likeness (QED) is 0.752. The molecule has 1 fully saturated rings. The second-order valence-corrected chi connectivity index (χ2v) is 6.41. The van der Waals surface area contributed by atoms with E-state index in [4.69, 9.17) is 16.1 Å². The van der Waals surface area contributed by atoms with Crippen molar-refractivity contribution < 1.29 is 4.52 Å². The Morgan fingerprint density at radius 1 is 1.14 bits per heavy atom. The summed E-state index contributed by atoms with van der Waals surface area (Å²) in [7, 11) is 0. The molecular weight excluding hydrogens is 284 g/mol. The molecule has 1 aromatic carbocycles. The van der Waals surface area contributed by atoms with Crippen LogP contribution >= 0.6 is 11.6 Å². The van der Waals surface area contributed by atoms with Crippen molar-refractivity contribution in [2.45, 2.75) is 51.4 Å². The lowest BCUT2D eigenvalue weighted by Gasteiger charge is -2.25. The van der Waals surface area contributed by atoms with Crippen molar-refractivity contribution >= 4 is 11.6 Å². The van der Waals surface area contributed by atoms with Crippen LogP contribution in [0.3, 0.4) is 0 Å². The Kier molecular flexibility index (Phi) is 4.59. The van der Waals surface area contributed by atoms with Crippen LogP contribution in [0.25, 0.3) is 11.4 Å². The van der Waals surface area contributed by atoms with E-state index in [2.05, 4.69) is 17.1 Å². The molecule has 1 aliphatic rings. The predicted molar refractivity (Wildman–Crippen MR) is 84.4 cm³/mol. The summed E-state index contributed by atoms with van der Waals surface area (Å²) in [4.78, 5) is 4.58. The molecule has 0 radical (unpaired) electrons. The predicted octanol–water partition coefficient (Wildman–Crippen LogP) is 5.46. The zero-order valence-electron chi connectivity index (χ0n) is 12.4. The molecule has 21 heavy (non-hydrogen) atoms. The lowest BCUT2D eigenvalue weighted by molar-refractivity contribution is 0.262. The molecule has 0 unspecified atom stereocenters. The zero-order chi connectivity index (χ0) is 14.7. The van der Waals surface area contributed by atoms with Gasteiger partial charge in [0.2, 0.25) is 11.7 Å². The number of nitrogens with zero attached hydrogens (tertiary/aromatic N) is 2. The summed E-state index contributed by atoms with van der Waals surface area (Å²) in [5, 5.41) is 4.84. The second kappa shape index (κ2) is 6.61. The Hall–Kier alpha value is -1.35. The van der Waals surface area contributed by atoms with Crippen LogP contribution in [0.4, 0.5) is 0 Å². The van der Waals surface area contributed by atoms with Gasteiger partial charge in [0.25, 0.3) is 0 Å². The average molecular weight is 305 g/mol. The van der Waals surface area contributed by atoms with Gasteiger partial charge in [0, 0.05) is 16.5 Å². The molecule has 3 rings (SSSR count). The van der Waals surface area contributed by atoms with E-state index in [9.17, 15) is 0 Å². The SMILES string of the molecule is CCCC1CCC(c2nc(-c3ccc(Cl)cc3)no2)CC1. The van der Waals surface area contributed by atoms with E-state index in [1.165, 1.54) is 38.5 Å². The van der Waals surface area contributed by atoms with Crippen LogP contribution in [-0.4, -0.2) is 10.1 Å². The van der Waals surface area contributed by atoms with Crippen molar-refractivity contribution in [3.63, 3.8) is 0 Å². The molecule has 4 heteroatoms. The topological polar surface area (TPSA) is 38.9 Å². The lowest BCUT2D eigenvalue weighted by atomic mass is 9.80. The third kappa shape index (κ3) is 3.46. The Bertz CT molecular complexity index is 571. The maximum Gasteiger partial charge on any atom is 0.230 e. The molecular formula is C17H21ClN2O. The van der Waals surface area contributed by atoms with E-state index in [-0.39, 0.29) is 0 Å². The number of benzene rings is 1. The fourth-order valence-electron chi connectivity index (χ4n) is 3.22. The monoisotopic (exact) mass is 304 g/mol. The first-order chi connectivity index (χ1) is 10.3. The molecule has 0 atom stereocenters. The second-order valence-electron chi connectivity index (χ2n) is 5.97. The molecule has 0 amide bonds. The first-order valence-electron chi connectivity index (χ1n) is 7.85. The highest BCUT2D eigenvalue weighted by Crippen LogP contribution is 2.37. The molecule has 112 valence electrons. The van der Waals surface area contributed by atoms with Crippen molar-refractivity contribution in [1.82, 2.24) is 10.1 Å². The van der Waals surface area contributed by atoms with Gasteiger partial charge in [-0.05, 0) is 55.9 Å². The maximum absolute atomic E-state index is 5.90. The first kappa shape index (κ1) is 14.6. The van der Waals surface area contributed by atoms with Gasteiger partial charge in [-0.25, -0.2) is 0 Å². The summed E-state index contributed by atoms with van der Waals surface area (Å²) in [5.41, 5.74) is 0.953. The molecule has 0 N–H and O–H groups in total. The summed E-state index contributed by atoms with van der Waals surface area (Å²) in [6.07, 6.45) is 7.57. The van der Waals surface area contributed by atoms with Crippen LogP contribution in [0.1, 0.15) is 57.3 Å². The van der Waals surface area contributed by atoms with Crippen LogP contribution in [0.15, 0.2) is 28.8 Å². The number of rotatable bonds is 4. The van der Waals surface area contributed by atoms with E-state index in [0.29, 0.717) is 11.7 Å². The van der Waals surface area contributed by atoms with Crippen LogP contribution in [0.2, 0.25) is 5.02 Å². The van der Waals surface area contributed by atoms with Crippen molar-refractivity contribution in [2.75, 3.05) is 0 Å². The molecule has 0 spiro atoms. The Morgan fingerprint density at radius 3 is 2.52 bits per heavy atom. The number of hydrogen-bond acceptors (Lipinski definition) is 3. The molecule has 3 nitrogen and oxygen atoms in total. The number of halogens is 1. The summed E-state index contributed by atoms with van der Waals surface area (Å²) < 4.78 is 5.49. The fourth-order valence-corrected chi connectivity index (χ4v) is 3.35. The van der Waals surface area contributed by atoms with Gasteiger partial charge < -0.3 is 4.52 Å². The minimum Gasteiger partial charge on any atom is -0.339 e. The smallest absolute Gasteiger partial charge is 0.230 e. The molecule has 1 aliphatic carbocycles. The largest absolute Gasteiger partial charge is 0.339 e. The molecule has 1 aromatic heterocycles.